The second kappa shape index (κ2) is 9.06. The van der Waals surface area contributed by atoms with Gasteiger partial charge < -0.3 is 19.4 Å². The molecule has 16 heavy (non-hydrogen) atoms. The predicted molar refractivity (Wildman–Crippen MR) is 57.6 cm³/mol. The summed E-state index contributed by atoms with van der Waals surface area (Å²) in [6, 6.07) is 0. The number of esters is 1. The molecule has 5 nitrogen and oxygen atoms in total. The van der Waals surface area contributed by atoms with Crippen LogP contribution in [0.25, 0.3) is 0 Å². The molecule has 92 valence electrons. The SMILES string of the molecule is C=C(C)C(=O)OCCOC(O)CCCC=O. The standard InChI is InChI=1S/C11H18O5/c1-9(2)11(14)16-8-7-15-10(13)5-3-4-6-12/h6,10,13H,1,3-5,7-8H2,2H3. The van der Waals surface area contributed by atoms with E-state index in [4.69, 9.17) is 9.47 Å². The Balaban J connectivity index is 3.40. The first-order valence-electron chi connectivity index (χ1n) is 5.14. The van der Waals surface area contributed by atoms with Crippen LogP contribution in [-0.2, 0) is 19.1 Å². The fourth-order valence-corrected chi connectivity index (χ4v) is 0.901. The number of aliphatic hydroxyl groups excluding tert-OH is 1. The molecule has 0 aromatic heterocycles. The molecule has 0 aliphatic heterocycles. The molecule has 0 aromatic rings. The molecular weight excluding hydrogens is 212 g/mol. The van der Waals surface area contributed by atoms with Crippen molar-refractivity contribution in [1.29, 1.82) is 0 Å². The molecule has 1 atom stereocenters. The molecule has 0 aliphatic carbocycles. The first-order valence-corrected chi connectivity index (χ1v) is 5.14. The molecule has 0 aliphatic rings. The van der Waals surface area contributed by atoms with Gasteiger partial charge in [0.1, 0.15) is 12.9 Å². The number of unbranched alkanes of at least 4 members (excludes halogenated alkanes) is 1. The first kappa shape index (κ1) is 14.8. The van der Waals surface area contributed by atoms with E-state index in [0.717, 1.165) is 6.29 Å². The monoisotopic (exact) mass is 230 g/mol. The third-order valence-electron chi connectivity index (χ3n) is 1.75. The van der Waals surface area contributed by atoms with Crippen LogP contribution in [0.2, 0.25) is 0 Å². The Bertz CT molecular complexity index is 237. The summed E-state index contributed by atoms with van der Waals surface area (Å²) in [5.74, 6) is -0.473. The number of hydrogen-bond acceptors (Lipinski definition) is 5. The summed E-state index contributed by atoms with van der Waals surface area (Å²) in [5.41, 5.74) is 0.325. The van der Waals surface area contributed by atoms with E-state index >= 15 is 0 Å². The zero-order valence-electron chi connectivity index (χ0n) is 9.48. The van der Waals surface area contributed by atoms with Crippen molar-refractivity contribution in [2.45, 2.75) is 32.5 Å². The van der Waals surface area contributed by atoms with Gasteiger partial charge in [-0.1, -0.05) is 6.58 Å². The molecule has 0 radical (unpaired) electrons. The number of hydrogen-bond donors (Lipinski definition) is 1. The van der Waals surface area contributed by atoms with Gasteiger partial charge in [-0.25, -0.2) is 4.79 Å². The molecule has 0 saturated heterocycles. The summed E-state index contributed by atoms with van der Waals surface area (Å²) in [6.07, 6.45) is 1.26. The molecule has 0 bridgehead atoms. The fourth-order valence-electron chi connectivity index (χ4n) is 0.901. The van der Waals surface area contributed by atoms with E-state index in [-0.39, 0.29) is 13.2 Å². The number of aliphatic hydroxyl groups is 1. The van der Waals surface area contributed by atoms with Crippen LogP contribution in [0.5, 0.6) is 0 Å². The van der Waals surface area contributed by atoms with Gasteiger partial charge >= 0.3 is 5.97 Å². The van der Waals surface area contributed by atoms with Gasteiger partial charge in [0.15, 0.2) is 6.29 Å². The van der Waals surface area contributed by atoms with Crippen molar-refractivity contribution in [3.05, 3.63) is 12.2 Å². The summed E-state index contributed by atoms with van der Waals surface area (Å²) in [6.45, 7) is 5.18. The molecule has 0 fully saturated rings. The Morgan fingerprint density at radius 3 is 2.75 bits per heavy atom. The van der Waals surface area contributed by atoms with Crippen molar-refractivity contribution in [2.75, 3.05) is 13.2 Å². The van der Waals surface area contributed by atoms with Gasteiger partial charge in [0, 0.05) is 12.0 Å². The maximum Gasteiger partial charge on any atom is 0.333 e. The Kier molecular flexibility index (Phi) is 8.38. The Morgan fingerprint density at radius 2 is 2.19 bits per heavy atom. The van der Waals surface area contributed by atoms with Crippen molar-refractivity contribution >= 4 is 12.3 Å². The minimum absolute atomic E-state index is 0.0798. The zero-order chi connectivity index (χ0) is 12.4. The molecule has 5 heteroatoms. The minimum Gasteiger partial charge on any atom is -0.460 e. The van der Waals surface area contributed by atoms with E-state index in [1.54, 1.807) is 6.92 Å². The highest BCUT2D eigenvalue weighted by molar-refractivity contribution is 5.86. The smallest absolute Gasteiger partial charge is 0.333 e. The zero-order valence-corrected chi connectivity index (χ0v) is 9.48. The number of ether oxygens (including phenoxy) is 2. The molecule has 0 saturated carbocycles. The number of aldehydes is 1. The van der Waals surface area contributed by atoms with Crippen LogP contribution in [0, 0.1) is 0 Å². The summed E-state index contributed by atoms with van der Waals surface area (Å²) < 4.78 is 9.70. The summed E-state index contributed by atoms with van der Waals surface area (Å²) in [7, 11) is 0. The topological polar surface area (TPSA) is 72.8 Å². The van der Waals surface area contributed by atoms with E-state index in [2.05, 4.69) is 6.58 Å². The lowest BCUT2D eigenvalue weighted by Gasteiger charge is -2.11. The highest BCUT2D eigenvalue weighted by atomic mass is 16.6. The first-order chi connectivity index (χ1) is 7.57. The Morgan fingerprint density at radius 1 is 1.50 bits per heavy atom. The molecule has 0 heterocycles. The normalized spacial score (nSPS) is 11.9. The number of rotatable bonds is 9. The largest absolute Gasteiger partial charge is 0.460 e. The van der Waals surface area contributed by atoms with E-state index in [9.17, 15) is 14.7 Å². The Labute approximate surface area is 95.0 Å². The van der Waals surface area contributed by atoms with Gasteiger partial charge in [0.25, 0.3) is 0 Å². The molecule has 0 amide bonds. The van der Waals surface area contributed by atoms with Crippen molar-refractivity contribution < 1.29 is 24.2 Å². The van der Waals surface area contributed by atoms with Crippen LogP contribution in [0.1, 0.15) is 26.2 Å². The quantitative estimate of drug-likeness (QED) is 0.209. The van der Waals surface area contributed by atoms with Crippen LogP contribution in [0.4, 0.5) is 0 Å². The van der Waals surface area contributed by atoms with Crippen molar-refractivity contribution in [2.24, 2.45) is 0 Å². The van der Waals surface area contributed by atoms with E-state index in [0.29, 0.717) is 24.8 Å². The van der Waals surface area contributed by atoms with Crippen molar-refractivity contribution in [1.82, 2.24) is 0 Å². The second-order valence-corrected chi connectivity index (χ2v) is 3.34. The maximum atomic E-state index is 10.9. The van der Waals surface area contributed by atoms with Crippen LogP contribution in [-0.4, -0.2) is 36.9 Å². The minimum atomic E-state index is -0.913. The molecular formula is C11H18O5. The molecule has 1 unspecified atom stereocenters. The predicted octanol–water partition coefficient (Wildman–Crippen LogP) is 0.810. The molecule has 0 aromatic carbocycles. The maximum absolute atomic E-state index is 10.9. The molecule has 1 N–H and O–H groups in total. The number of carbonyl (C=O) groups is 2. The highest BCUT2D eigenvalue weighted by Crippen LogP contribution is 2.01. The van der Waals surface area contributed by atoms with E-state index in [1.165, 1.54) is 0 Å². The van der Waals surface area contributed by atoms with Gasteiger partial charge in [-0.3, -0.25) is 0 Å². The third kappa shape index (κ3) is 8.14. The lowest BCUT2D eigenvalue weighted by Crippen LogP contribution is -2.17. The average molecular weight is 230 g/mol. The van der Waals surface area contributed by atoms with Crippen LogP contribution >= 0.6 is 0 Å². The molecule has 0 rings (SSSR count). The van der Waals surface area contributed by atoms with Crippen LogP contribution in [0.15, 0.2) is 12.2 Å². The van der Waals surface area contributed by atoms with Crippen LogP contribution in [0.3, 0.4) is 0 Å². The van der Waals surface area contributed by atoms with Gasteiger partial charge in [0.05, 0.1) is 6.61 Å². The van der Waals surface area contributed by atoms with E-state index < -0.39 is 12.3 Å². The number of carbonyl (C=O) groups excluding carboxylic acids is 2. The fraction of sp³-hybridized carbons (Fsp3) is 0.636. The lowest BCUT2D eigenvalue weighted by atomic mass is 10.2. The van der Waals surface area contributed by atoms with Crippen molar-refractivity contribution in [3.8, 4) is 0 Å². The summed E-state index contributed by atoms with van der Waals surface area (Å²) in [5, 5.41) is 9.25. The third-order valence-corrected chi connectivity index (χ3v) is 1.75. The van der Waals surface area contributed by atoms with Gasteiger partial charge in [-0.2, -0.15) is 0 Å². The lowest BCUT2D eigenvalue weighted by molar-refractivity contribution is -0.147. The average Bonchev–Trinajstić information content (AvgIpc) is 2.24. The summed E-state index contributed by atoms with van der Waals surface area (Å²) >= 11 is 0. The van der Waals surface area contributed by atoms with Gasteiger partial charge in [0.2, 0.25) is 0 Å². The summed E-state index contributed by atoms with van der Waals surface area (Å²) in [4.78, 5) is 20.9. The Hall–Kier alpha value is -1.20. The van der Waals surface area contributed by atoms with Gasteiger partial charge in [-0.05, 0) is 19.8 Å². The molecule has 0 spiro atoms. The highest BCUT2D eigenvalue weighted by Gasteiger charge is 2.05. The van der Waals surface area contributed by atoms with Crippen LogP contribution < -0.4 is 0 Å². The second-order valence-electron chi connectivity index (χ2n) is 3.34. The van der Waals surface area contributed by atoms with E-state index in [1.807, 2.05) is 0 Å². The van der Waals surface area contributed by atoms with Gasteiger partial charge in [-0.15, -0.1) is 0 Å². The van der Waals surface area contributed by atoms with Crippen molar-refractivity contribution in [3.63, 3.8) is 0 Å².